The number of nitrogens with one attached hydrogen (secondary N) is 2. The molecule has 2 amide bonds. The van der Waals surface area contributed by atoms with E-state index in [1.165, 1.54) is 15.1 Å². The second-order valence-corrected chi connectivity index (χ2v) is 8.76. The summed E-state index contributed by atoms with van der Waals surface area (Å²) < 4.78 is 7.24. The van der Waals surface area contributed by atoms with E-state index in [4.69, 9.17) is 4.52 Å². The van der Waals surface area contributed by atoms with Gasteiger partial charge in [-0.3, -0.25) is 19.4 Å². The number of benzene rings is 2. The molecule has 10 heteroatoms. The molecule has 1 fully saturated rings. The molecule has 5 rings (SSSR count). The molecule has 0 spiro atoms. The van der Waals surface area contributed by atoms with Gasteiger partial charge >= 0.3 is 11.3 Å². The molecule has 2 aromatic carbocycles. The van der Waals surface area contributed by atoms with E-state index in [9.17, 15) is 14.4 Å². The van der Waals surface area contributed by atoms with Gasteiger partial charge in [-0.1, -0.05) is 10.7 Å². The topological polar surface area (TPSA) is 112 Å². The van der Waals surface area contributed by atoms with Crippen LogP contribution in [0.3, 0.4) is 0 Å². The summed E-state index contributed by atoms with van der Waals surface area (Å²) in [6.45, 7) is 2.16. The average molecular weight is 451 g/mol. The lowest BCUT2D eigenvalue weighted by Gasteiger charge is -2.15. The number of hydrogen-bond donors (Lipinski definition) is 2. The van der Waals surface area contributed by atoms with Crippen molar-refractivity contribution in [2.45, 2.75) is 25.9 Å². The van der Waals surface area contributed by atoms with Crippen molar-refractivity contribution in [1.29, 1.82) is 0 Å². The summed E-state index contributed by atoms with van der Waals surface area (Å²) in [7, 11) is 1.63. The summed E-state index contributed by atoms with van der Waals surface area (Å²) in [4.78, 5) is 43.0. The minimum atomic E-state index is -0.705. The van der Waals surface area contributed by atoms with Gasteiger partial charge < -0.3 is 0 Å². The standard InChI is InChI=1S/C22H19N5O4S/c1-12-3-8-15-18(9-12)32-20(24-15)13-4-6-14(7-5-13)27-19(28)10-16(21(27)29)23-11-17-22(30)31-25-26(17)2/h3-9,16,23H,10-11H2,1-2H3/p+1. The lowest BCUT2D eigenvalue weighted by atomic mass is 10.2. The summed E-state index contributed by atoms with van der Waals surface area (Å²) in [5.41, 5.74) is 3.38. The number of anilines is 1. The van der Waals surface area contributed by atoms with Gasteiger partial charge in [-0.15, -0.1) is 11.3 Å². The van der Waals surface area contributed by atoms with Crippen LogP contribution in [0.1, 0.15) is 17.7 Å². The SMILES string of the molecule is Cc1ccc2nc(-c3ccc(N4C(=O)CC(NCc5c(=O)o[nH][n+]5C)C4=O)cc3)sc2c1. The fourth-order valence-electron chi connectivity index (χ4n) is 3.74. The van der Waals surface area contributed by atoms with E-state index in [1.807, 2.05) is 31.2 Å². The molecule has 2 N–H and O–H groups in total. The fraction of sp³-hybridized carbons (Fsp3) is 0.227. The molecular weight excluding hydrogens is 430 g/mol. The number of carbonyl (C=O) groups is 2. The first-order valence-corrected chi connectivity index (χ1v) is 10.9. The number of hydrogen-bond acceptors (Lipinski definition) is 7. The zero-order chi connectivity index (χ0) is 22.4. The Labute approximate surface area is 186 Å². The molecule has 0 saturated carbocycles. The minimum Gasteiger partial charge on any atom is -0.296 e. The van der Waals surface area contributed by atoms with E-state index in [2.05, 4.69) is 21.6 Å². The molecular formula is C22H20N5O4S+. The number of aromatic nitrogens is 3. The Hall–Kier alpha value is -3.63. The van der Waals surface area contributed by atoms with E-state index in [0.29, 0.717) is 11.4 Å². The number of rotatable bonds is 5. The molecule has 9 nitrogen and oxygen atoms in total. The first-order chi connectivity index (χ1) is 15.4. The van der Waals surface area contributed by atoms with Crippen molar-refractivity contribution in [3.63, 3.8) is 0 Å². The molecule has 1 atom stereocenters. The predicted molar refractivity (Wildman–Crippen MR) is 118 cm³/mol. The van der Waals surface area contributed by atoms with Crippen LogP contribution in [0.15, 0.2) is 51.8 Å². The van der Waals surface area contributed by atoms with Gasteiger partial charge in [0.2, 0.25) is 5.91 Å². The van der Waals surface area contributed by atoms with E-state index < -0.39 is 11.7 Å². The highest BCUT2D eigenvalue weighted by Crippen LogP contribution is 2.32. The molecule has 4 aromatic rings. The number of carbonyl (C=O) groups excluding carboxylic acids is 2. The Balaban J connectivity index is 1.33. The van der Waals surface area contributed by atoms with Crippen LogP contribution in [0.25, 0.3) is 20.8 Å². The number of nitrogens with zero attached hydrogens (tertiary/aromatic N) is 3. The van der Waals surface area contributed by atoms with E-state index in [-0.39, 0.29) is 24.8 Å². The minimum absolute atomic E-state index is 0.0251. The van der Waals surface area contributed by atoms with Crippen molar-refractivity contribution in [2.75, 3.05) is 4.90 Å². The highest BCUT2D eigenvalue weighted by atomic mass is 32.1. The second-order valence-electron chi connectivity index (χ2n) is 7.73. The first kappa shape index (κ1) is 20.3. The van der Waals surface area contributed by atoms with E-state index in [0.717, 1.165) is 20.8 Å². The maximum absolute atomic E-state index is 12.9. The van der Waals surface area contributed by atoms with Crippen LogP contribution < -0.4 is 20.5 Å². The zero-order valence-electron chi connectivity index (χ0n) is 17.4. The molecule has 1 saturated heterocycles. The third-order valence-corrected chi connectivity index (χ3v) is 6.56. The van der Waals surface area contributed by atoms with Gasteiger partial charge in [0.1, 0.15) is 5.01 Å². The van der Waals surface area contributed by atoms with Crippen molar-refractivity contribution in [3.05, 3.63) is 64.1 Å². The molecule has 3 heterocycles. The smallest absolute Gasteiger partial charge is 0.296 e. The van der Waals surface area contributed by atoms with Crippen LogP contribution in [-0.4, -0.2) is 28.1 Å². The molecule has 32 heavy (non-hydrogen) atoms. The van der Waals surface area contributed by atoms with Crippen molar-refractivity contribution >= 4 is 39.1 Å². The Morgan fingerprint density at radius 1 is 1.22 bits per heavy atom. The number of thiazole rings is 1. The number of H-pyrrole nitrogens is 1. The van der Waals surface area contributed by atoms with Crippen LogP contribution in [0, 0.1) is 6.92 Å². The van der Waals surface area contributed by atoms with Gasteiger partial charge in [-0.05, 0) is 54.2 Å². The summed E-state index contributed by atoms with van der Waals surface area (Å²) in [6.07, 6.45) is 0.0251. The molecule has 0 radical (unpaired) electrons. The van der Waals surface area contributed by atoms with Gasteiger partial charge in [0.15, 0.2) is 7.05 Å². The Morgan fingerprint density at radius 2 is 2.00 bits per heavy atom. The summed E-state index contributed by atoms with van der Waals surface area (Å²) in [5.74, 6) is -0.637. The normalized spacial score (nSPS) is 16.4. The summed E-state index contributed by atoms with van der Waals surface area (Å²) in [5, 5.41) is 6.28. The van der Waals surface area contributed by atoms with E-state index in [1.54, 1.807) is 30.5 Å². The zero-order valence-corrected chi connectivity index (χ0v) is 18.2. The highest BCUT2D eigenvalue weighted by molar-refractivity contribution is 7.21. The number of imide groups is 1. The van der Waals surface area contributed by atoms with Gasteiger partial charge in [0.05, 0.1) is 34.9 Å². The van der Waals surface area contributed by atoms with Crippen LogP contribution in [-0.2, 0) is 23.2 Å². The third-order valence-electron chi connectivity index (χ3n) is 5.49. The average Bonchev–Trinajstić information content (AvgIpc) is 3.42. The van der Waals surface area contributed by atoms with Crippen LogP contribution in [0.2, 0.25) is 0 Å². The van der Waals surface area contributed by atoms with E-state index >= 15 is 0 Å². The Bertz CT molecular complexity index is 1400. The molecule has 2 aromatic heterocycles. The first-order valence-electron chi connectivity index (χ1n) is 10.0. The van der Waals surface area contributed by atoms with Gasteiger partial charge in [0.25, 0.3) is 5.91 Å². The van der Waals surface area contributed by atoms with Gasteiger partial charge in [0, 0.05) is 5.56 Å². The number of fused-ring (bicyclic) bond motifs is 1. The molecule has 1 aliphatic rings. The van der Waals surface area contributed by atoms with Crippen LogP contribution in [0.4, 0.5) is 5.69 Å². The molecule has 162 valence electrons. The maximum atomic E-state index is 12.9. The van der Waals surface area contributed by atoms with Crippen molar-refractivity contribution in [1.82, 2.24) is 15.6 Å². The Morgan fingerprint density at radius 3 is 2.72 bits per heavy atom. The number of aromatic amines is 1. The lowest BCUT2D eigenvalue weighted by molar-refractivity contribution is -0.746. The quantitative estimate of drug-likeness (QED) is 0.354. The van der Waals surface area contributed by atoms with Crippen LogP contribution >= 0.6 is 11.3 Å². The van der Waals surface area contributed by atoms with Crippen molar-refractivity contribution in [2.24, 2.45) is 7.05 Å². The maximum Gasteiger partial charge on any atom is 0.431 e. The van der Waals surface area contributed by atoms with Crippen molar-refractivity contribution in [3.8, 4) is 10.6 Å². The van der Waals surface area contributed by atoms with Gasteiger partial charge in [-0.2, -0.15) is 0 Å². The fourth-order valence-corrected chi connectivity index (χ4v) is 4.81. The molecule has 1 unspecified atom stereocenters. The largest absolute Gasteiger partial charge is 0.431 e. The molecule has 0 bridgehead atoms. The van der Waals surface area contributed by atoms with Crippen LogP contribution in [0.5, 0.6) is 0 Å². The second kappa shape index (κ2) is 7.81. The predicted octanol–water partition coefficient (Wildman–Crippen LogP) is 1.80. The van der Waals surface area contributed by atoms with Gasteiger partial charge in [-0.25, -0.2) is 14.7 Å². The highest BCUT2D eigenvalue weighted by Gasteiger charge is 2.40. The monoisotopic (exact) mass is 450 g/mol. The molecule has 0 aliphatic carbocycles. The summed E-state index contributed by atoms with van der Waals surface area (Å²) in [6, 6.07) is 12.7. The molecule has 1 aliphatic heterocycles. The summed E-state index contributed by atoms with van der Waals surface area (Å²) >= 11 is 1.61. The third kappa shape index (κ3) is 3.53. The van der Waals surface area contributed by atoms with Crippen molar-refractivity contribution < 1.29 is 18.8 Å². The number of amides is 2. The Kier molecular flexibility index (Phi) is 4.95. The lowest BCUT2D eigenvalue weighted by Crippen LogP contribution is -2.43. The number of aryl methyl sites for hydroxylation is 2.